The number of halogens is 1. The van der Waals surface area contributed by atoms with Crippen LogP contribution in [0.1, 0.15) is 29.3 Å². The SMILES string of the molecule is C[C@@H](OC(=O)c1cncc(Br)c1)c1nnc(-c2ccccc2)o1. The first-order valence-electron chi connectivity index (χ1n) is 6.84. The van der Waals surface area contributed by atoms with Crippen molar-refractivity contribution in [2.45, 2.75) is 13.0 Å². The molecule has 0 saturated carbocycles. The fourth-order valence-corrected chi connectivity index (χ4v) is 2.26. The first kappa shape index (κ1) is 15.4. The molecule has 3 aromatic rings. The highest BCUT2D eigenvalue weighted by molar-refractivity contribution is 9.10. The number of esters is 1. The van der Waals surface area contributed by atoms with Crippen LogP contribution < -0.4 is 0 Å². The number of hydrogen-bond donors (Lipinski definition) is 0. The summed E-state index contributed by atoms with van der Waals surface area (Å²) < 4.78 is 11.6. The van der Waals surface area contributed by atoms with E-state index in [1.165, 1.54) is 6.20 Å². The molecule has 0 radical (unpaired) electrons. The molecule has 0 N–H and O–H groups in total. The molecule has 6 nitrogen and oxygen atoms in total. The Bertz CT molecular complexity index is 820. The molecular formula is C16H12BrN3O3. The Morgan fingerprint density at radius 3 is 2.74 bits per heavy atom. The Morgan fingerprint density at radius 2 is 2.00 bits per heavy atom. The van der Waals surface area contributed by atoms with Gasteiger partial charge in [0.15, 0.2) is 6.10 Å². The Kier molecular flexibility index (Phi) is 4.47. The number of ether oxygens (including phenoxy) is 1. The molecule has 0 unspecified atom stereocenters. The normalized spacial score (nSPS) is 11.9. The van der Waals surface area contributed by atoms with E-state index in [4.69, 9.17) is 9.15 Å². The molecule has 0 spiro atoms. The Morgan fingerprint density at radius 1 is 1.22 bits per heavy atom. The monoisotopic (exact) mass is 373 g/mol. The van der Waals surface area contributed by atoms with Crippen LogP contribution in [0.25, 0.3) is 11.5 Å². The number of carbonyl (C=O) groups is 1. The number of carbonyl (C=O) groups excluding carboxylic acids is 1. The van der Waals surface area contributed by atoms with Crippen LogP contribution in [0, 0.1) is 0 Å². The largest absolute Gasteiger partial charge is 0.449 e. The summed E-state index contributed by atoms with van der Waals surface area (Å²) in [5, 5.41) is 7.91. The molecule has 3 rings (SSSR count). The van der Waals surface area contributed by atoms with E-state index in [1.807, 2.05) is 30.3 Å². The van der Waals surface area contributed by atoms with Gasteiger partial charge in [0.25, 0.3) is 5.89 Å². The lowest BCUT2D eigenvalue weighted by molar-refractivity contribution is 0.0279. The maximum absolute atomic E-state index is 12.1. The molecule has 0 aliphatic heterocycles. The van der Waals surface area contributed by atoms with Crippen LogP contribution in [0.3, 0.4) is 0 Å². The molecule has 0 amide bonds. The number of pyridine rings is 1. The lowest BCUT2D eigenvalue weighted by Gasteiger charge is -2.09. The highest BCUT2D eigenvalue weighted by Crippen LogP contribution is 2.23. The van der Waals surface area contributed by atoms with Gasteiger partial charge in [0.05, 0.1) is 5.56 Å². The third kappa shape index (κ3) is 3.62. The Balaban J connectivity index is 1.73. The molecule has 2 heterocycles. The van der Waals surface area contributed by atoms with Crippen LogP contribution in [0.15, 0.2) is 57.7 Å². The van der Waals surface area contributed by atoms with E-state index in [2.05, 4.69) is 31.1 Å². The Labute approximate surface area is 140 Å². The molecular weight excluding hydrogens is 362 g/mol. The molecule has 23 heavy (non-hydrogen) atoms. The van der Waals surface area contributed by atoms with Crippen molar-refractivity contribution in [1.29, 1.82) is 0 Å². The van der Waals surface area contributed by atoms with Gasteiger partial charge < -0.3 is 9.15 Å². The van der Waals surface area contributed by atoms with E-state index < -0.39 is 12.1 Å². The summed E-state index contributed by atoms with van der Waals surface area (Å²) in [6.07, 6.45) is 2.36. The molecule has 0 aliphatic rings. The van der Waals surface area contributed by atoms with E-state index in [0.29, 0.717) is 15.9 Å². The quantitative estimate of drug-likeness (QED) is 0.647. The van der Waals surface area contributed by atoms with Gasteiger partial charge in [-0.05, 0) is 41.1 Å². The number of rotatable bonds is 4. The van der Waals surface area contributed by atoms with Crippen LogP contribution in [0.5, 0.6) is 0 Å². The third-order valence-corrected chi connectivity index (χ3v) is 3.47. The molecule has 0 aliphatic carbocycles. The van der Waals surface area contributed by atoms with Crippen LogP contribution in [0.2, 0.25) is 0 Å². The third-order valence-electron chi connectivity index (χ3n) is 3.03. The van der Waals surface area contributed by atoms with Crippen molar-refractivity contribution in [2.75, 3.05) is 0 Å². The van der Waals surface area contributed by atoms with Crippen LogP contribution in [0.4, 0.5) is 0 Å². The number of benzene rings is 1. The van der Waals surface area contributed by atoms with Gasteiger partial charge in [-0.3, -0.25) is 4.98 Å². The number of hydrogen-bond acceptors (Lipinski definition) is 6. The van der Waals surface area contributed by atoms with Gasteiger partial charge in [-0.1, -0.05) is 18.2 Å². The highest BCUT2D eigenvalue weighted by atomic mass is 79.9. The summed E-state index contributed by atoms with van der Waals surface area (Å²) in [4.78, 5) is 16.0. The van der Waals surface area contributed by atoms with Crippen LogP contribution >= 0.6 is 15.9 Å². The second-order valence-corrected chi connectivity index (χ2v) is 5.67. The average molecular weight is 374 g/mol. The predicted molar refractivity (Wildman–Crippen MR) is 85.5 cm³/mol. The summed E-state index contributed by atoms with van der Waals surface area (Å²) in [5.41, 5.74) is 1.15. The molecule has 1 atom stereocenters. The first-order valence-corrected chi connectivity index (χ1v) is 7.63. The molecule has 0 bridgehead atoms. The minimum atomic E-state index is -0.661. The van der Waals surface area contributed by atoms with Crippen LogP contribution in [-0.2, 0) is 4.74 Å². The van der Waals surface area contributed by atoms with Crippen molar-refractivity contribution < 1.29 is 13.9 Å². The van der Waals surface area contributed by atoms with Gasteiger partial charge in [0.2, 0.25) is 5.89 Å². The second-order valence-electron chi connectivity index (χ2n) is 4.75. The zero-order chi connectivity index (χ0) is 16.2. The summed E-state index contributed by atoms with van der Waals surface area (Å²) in [6.45, 7) is 1.67. The van der Waals surface area contributed by atoms with Crippen LogP contribution in [-0.4, -0.2) is 21.2 Å². The minimum absolute atomic E-state index is 0.236. The number of nitrogens with zero attached hydrogens (tertiary/aromatic N) is 3. The lowest BCUT2D eigenvalue weighted by atomic mass is 10.2. The molecule has 7 heteroatoms. The lowest BCUT2D eigenvalue weighted by Crippen LogP contribution is -2.10. The van der Waals surface area contributed by atoms with Gasteiger partial charge in [-0.2, -0.15) is 0 Å². The molecule has 1 aromatic carbocycles. The van der Waals surface area contributed by atoms with Crippen molar-refractivity contribution >= 4 is 21.9 Å². The maximum atomic E-state index is 12.1. The summed E-state index contributed by atoms with van der Waals surface area (Å²) in [7, 11) is 0. The van der Waals surface area contributed by atoms with Gasteiger partial charge in [0.1, 0.15) is 0 Å². The van der Waals surface area contributed by atoms with Gasteiger partial charge >= 0.3 is 5.97 Å². The van der Waals surface area contributed by atoms with Crippen molar-refractivity contribution in [1.82, 2.24) is 15.2 Å². The van der Waals surface area contributed by atoms with Crippen molar-refractivity contribution in [3.63, 3.8) is 0 Å². The van der Waals surface area contributed by atoms with Crippen molar-refractivity contribution in [3.8, 4) is 11.5 Å². The van der Waals surface area contributed by atoms with E-state index in [1.54, 1.807) is 19.2 Å². The highest BCUT2D eigenvalue weighted by Gasteiger charge is 2.20. The molecule has 2 aromatic heterocycles. The summed E-state index contributed by atoms with van der Waals surface area (Å²) in [6, 6.07) is 11.0. The fourth-order valence-electron chi connectivity index (χ4n) is 1.90. The standard InChI is InChI=1S/C16H12BrN3O3/c1-10(22-16(21)12-7-13(17)9-18-8-12)14-19-20-15(23-14)11-5-3-2-4-6-11/h2-10H,1H3/t10-/m1/s1. The fraction of sp³-hybridized carbons (Fsp3) is 0.125. The van der Waals surface area contributed by atoms with Crippen molar-refractivity contribution in [3.05, 3.63) is 64.7 Å². The topological polar surface area (TPSA) is 78.1 Å². The smallest absolute Gasteiger partial charge is 0.340 e. The molecule has 116 valence electrons. The average Bonchev–Trinajstić information content (AvgIpc) is 3.06. The van der Waals surface area contributed by atoms with E-state index in [-0.39, 0.29) is 5.89 Å². The van der Waals surface area contributed by atoms with E-state index in [9.17, 15) is 4.79 Å². The van der Waals surface area contributed by atoms with Crippen molar-refractivity contribution in [2.24, 2.45) is 0 Å². The number of aromatic nitrogens is 3. The van der Waals surface area contributed by atoms with E-state index in [0.717, 1.165) is 5.56 Å². The molecule has 0 saturated heterocycles. The second kappa shape index (κ2) is 6.70. The van der Waals surface area contributed by atoms with Gasteiger partial charge in [0, 0.05) is 22.4 Å². The Hall–Kier alpha value is -2.54. The zero-order valence-corrected chi connectivity index (χ0v) is 13.7. The van der Waals surface area contributed by atoms with Gasteiger partial charge in [-0.15, -0.1) is 10.2 Å². The summed E-state index contributed by atoms with van der Waals surface area (Å²) in [5.74, 6) is 0.110. The summed E-state index contributed by atoms with van der Waals surface area (Å²) >= 11 is 3.26. The molecule has 0 fully saturated rings. The zero-order valence-electron chi connectivity index (χ0n) is 12.1. The van der Waals surface area contributed by atoms with Gasteiger partial charge in [-0.25, -0.2) is 4.79 Å². The van der Waals surface area contributed by atoms with E-state index >= 15 is 0 Å². The predicted octanol–water partition coefficient (Wildman–Crippen LogP) is 3.81. The maximum Gasteiger partial charge on any atom is 0.340 e. The first-order chi connectivity index (χ1) is 11.1. The minimum Gasteiger partial charge on any atom is -0.449 e.